The van der Waals surface area contributed by atoms with Gasteiger partial charge in [0.15, 0.2) is 5.92 Å². The van der Waals surface area contributed by atoms with Crippen molar-refractivity contribution in [1.29, 1.82) is 10.5 Å². The van der Waals surface area contributed by atoms with Crippen LogP contribution in [0, 0.1) is 28.6 Å². The molecule has 0 unspecified atom stereocenters. The number of carbonyl (C=O) groups is 1. The molecule has 4 nitrogen and oxygen atoms in total. The zero-order chi connectivity index (χ0) is 7.98. The highest BCUT2D eigenvalue weighted by atomic mass is 16.1. The number of rotatable bonds is 2. The minimum Gasteiger partial charge on any atom is -0.354 e. The lowest BCUT2D eigenvalue weighted by Crippen LogP contribution is -2.25. The van der Waals surface area contributed by atoms with E-state index in [9.17, 15) is 4.79 Å². The van der Waals surface area contributed by atoms with Crippen molar-refractivity contribution < 1.29 is 4.79 Å². The van der Waals surface area contributed by atoms with Crippen LogP contribution < -0.4 is 5.32 Å². The van der Waals surface area contributed by atoms with Crippen LogP contribution in [0.4, 0.5) is 0 Å². The van der Waals surface area contributed by atoms with E-state index in [-0.39, 0.29) is 12.5 Å². The van der Waals surface area contributed by atoms with E-state index in [1.807, 2.05) is 0 Å². The largest absolute Gasteiger partial charge is 0.354 e. The average molecular weight is 137 g/mol. The topological polar surface area (TPSA) is 76.7 Å². The number of nitriles is 2. The lowest BCUT2D eigenvalue weighted by Gasteiger charge is -1.98. The van der Waals surface area contributed by atoms with Gasteiger partial charge in [0.2, 0.25) is 5.91 Å². The van der Waals surface area contributed by atoms with Gasteiger partial charge in [-0.2, -0.15) is 10.5 Å². The minimum absolute atomic E-state index is 0.113. The van der Waals surface area contributed by atoms with Gasteiger partial charge in [-0.15, -0.1) is 0 Å². The van der Waals surface area contributed by atoms with Crippen molar-refractivity contribution in [2.45, 2.75) is 6.92 Å². The Bertz CT molecular complexity index is 184. The number of nitrogens with zero attached hydrogens (tertiary/aromatic N) is 2. The smallest absolute Gasteiger partial charge is 0.216 e. The molecule has 0 saturated carbocycles. The quantitative estimate of drug-likeness (QED) is 0.571. The fourth-order valence-electron chi connectivity index (χ4n) is 0.366. The molecular formula is C6H7N3O. The predicted molar refractivity (Wildman–Crippen MR) is 33.4 cm³/mol. The standard InChI is InChI=1S/C6H7N3O/c1-5(10)9-4-6(2-7)3-8/h6H,4H2,1H3,(H,9,10). The summed E-state index contributed by atoms with van der Waals surface area (Å²) < 4.78 is 0. The van der Waals surface area contributed by atoms with Gasteiger partial charge in [-0.3, -0.25) is 4.79 Å². The minimum atomic E-state index is -0.733. The first-order chi connectivity index (χ1) is 4.70. The zero-order valence-corrected chi connectivity index (χ0v) is 5.59. The third-order valence-corrected chi connectivity index (χ3v) is 0.867. The van der Waals surface area contributed by atoms with Gasteiger partial charge in [0.05, 0.1) is 12.1 Å². The summed E-state index contributed by atoms with van der Waals surface area (Å²) >= 11 is 0. The normalized spacial score (nSPS) is 8.00. The van der Waals surface area contributed by atoms with E-state index in [2.05, 4.69) is 5.32 Å². The van der Waals surface area contributed by atoms with E-state index in [0.29, 0.717) is 0 Å². The van der Waals surface area contributed by atoms with E-state index in [1.54, 1.807) is 12.1 Å². The monoisotopic (exact) mass is 137 g/mol. The van der Waals surface area contributed by atoms with E-state index >= 15 is 0 Å². The second kappa shape index (κ2) is 4.34. The van der Waals surface area contributed by atoms with Crippen LogP contribution in [0.1, 0.15) is 6.92 Å². The number of nitrogens with one attached hydrogen (secondary N) is 1. The van der Waals surface area contributed by atoms with Crippen LogP contribution in [0.15, 0.2) is 0 Å². The van der Waals surface area contributed by atoms with E-state index in [1.165, 1.54) is 6.92 Å². The average Bonchev–Trinajstić information content (AvgIpc) is 1.90. The highest BCUT2D eigenvalue weighted by Crippen LogP contribution is 1.86. The van der Waals surface area contributed by atoms with Crippen molar-refractivity contribution in [2.24, 2.45) is 5.92 Å². The first-order valence-corrected chi connectivity index (χ1v) is 2.74. The van der Waals surface area contributed by atoms with Crippen LogP contribution in [0.5, 0.6) is 0 Å². The fourth-order valence-corrected chi connectivity index (χ4v) is 0.366. The van der Waals surface area contributed by atoms with Gasteiger partial charge in [-0.05, 0) is 0 Å². The number of amides is 1. The van der Waals surface area contributed by atoms with Gasteiger partial charge < -0.3 is 5.32 Å². The van der Waals surface area contributed by atoms with Gasteiger partial charge in [-0.1, -0.05) is 0 Å². The van der Waals surface area contributed by atoms with E-state index in [4.69, 9.17) is 10.5 Å². The molecule has 0 bridgehead atoms. The van der Waals surface area contributed by atoms with Crippen molar-refractivity contribution in [3.05, 3.63) is 0 Å². The van der Waals surface area contributed by atoms with Crippen LogP contribution in [0.3, 0.4) is 0 Å². The summed E-state index contributed by atoms with van der Waals surface area (Å²) in [5.41, 5.74) is 0. The van der Waals surface area contributed by atoms with Crippen molar-refractivity contribution >= 4 is 5.91 Å². The Morgan fingerprint density at radius 3 is 2.40 bits per heavy atom. The number of carbonyl (C=O) groups excluding carboxylic acids is 1. The third kappa shape index (κ3) is 3.45. The molecule has 0 atom stereocenters. The Morgan fingerprint density at radius 2 is 2.10 bits per heavy atom. The Morgan fingerprint density at radius 1 is 1.60 bits per heavy atom. The molecule has 0 heterocycles. The van der Waals surface area contributed by atoms with Crippen molar-refractivity contribution in [1.82, 2.24) is 5.32 Å². The molecule has 0 saturated heterocycles. The fraction of sp³-hybridized carbons (Fsp3) is 0.500. The first-order valence-electron chi connectivity index (χ1n) is 2.74. The second-order valence-electron chi connectivity index (χ2n) is 1.75. The molecule has 0 spiro atoms. The van der Waals surface area contributed by atoms with Crippen molar-refractivity contribution in [3.63, 3.8) is 0 Å². The summed E-state index contributed by atoms with van der Waals surface area (Å²) in [5.74, 6) is -0.959. The molecule has 1 N–H and O–H groups in total. The molecule has 0 aromatic heterocycles. The van der Waals surface area contributed by atoms with Crippen LogP contribution in [0.25, 0.3) is 0 Å². The van der Waals surface area contributed by atoms with E-state index < -0.39 is 5.92 Å². The van der Waals surface area contributed by atoms with Crippen LogP contribution >= 0.6 is 0 Å². The van der Waals surface area contributed by atoms with Gasteiger partial charge in [0.1, 0.15) is 0 Å². The molecule has 0 fully saturated rings. The summed E-state index contributed by atoms with van der Waals surface area (Å²) in [7, 11) is 0. The van der Waals surface area contributed by atoms with Gasteiger partial charge in [0.25, 0.3) is 0 Å². The predicted octanol–water partition coefficient (Wildman–Crippen LogP) is -0.214. The lowest BCUT2D eigenvalue weighted by atomic mass is 10.2. The lowest BCUT2D eigenvalue weighted by molar-refractivity contribution is -0.119. The van der Waals surface area contributed by atoms with Gasteiger partial charge in [0, 0.05) is 13.5 Å². The molecule has 4 heteroatoms. The Labute approximate surface area is 59.1 Å². The maximum absolute atomic E-state index is 10.3. The molecule has 0 aliphatic heterocycles. The van der Waals surface area contributed by atoms with Gasteiger partial charge in [-0.25, -0.2) is 0 Å². The third-order valence-electron chi connectivity index (χ3n) is 0.867. The molecule has 0 aromatic rings. The van der Waals surface area contributed by atoms with Crippen molar-refractivity contribution in [2.75, 3.05) is 6.54 Å². The second-order valence-corrected chi connectivity index (χ2v) is 1.75. The molecule has 0 aliphatic rings. The maximum atomic E-state index is 10.3. The first kappa shape index (κ1) is 8.45. The highest BCUT2D eigenvalue weighted by molar-refractivity contribution is 5.72. The maximum Gasteiger partial charge on any atom is 0.216 e. The van der Waals surface area contributed by atoms with E-state index in [0.717, 1.165) is 0 Å². The Kier molecular flexibility index (Phi) is 3.67. The SMILES string of the molecule is CC(=O)NCC(C#N)C#N. The summed E-state index contributed by atoms with van der Waals surface area (Å²) in [6, 6.07) is 3.46. The summed E-state index contributed by atoms with van der Waals surface area (Å²) in [5, 5.41) is 18.8. The Hall–Kier alpha value is -1.55. The summed E-state index contributed by atoms with van der Waals surface area (Å²) in [4.78, 5) is 10.3. The summed E-state index contributed by atoms with van der Waals surface area (Å²) in [6.07, 6.45) is 0. The van der Waals surface area contributed by atoms with Crippen LogP contribution in [-0.4, -0.2) is 12.5 Å². The highest BCUT2D eigenvalue weighted by Gasteiger charge is 2.03. The summed E-state index contributed by atoms with van der Waals surface area (Å²) in [6.45, 7) is 1.45. The molecule has 0 aromatic carbocycles. The molecular weight excluding hydrogens is 130 g/mol. The number of hydrogen-bond acceptors (Lipinski definition) is 3. The molecule has 0 rings (SSSR count). The molecule has 0 radical (unpaired) electrons. The molecule has 10 heavy (non-hydrogen) atoms. The number of hydrogen-bond donors (Lipinski definition) is 1. The zero-order valence-electron chi connectivity index (χ0n) is 5.59. The molecule has 1 amide bonds. The van der Waals surface area contributed by atoms with Crippen molar-refractivity contribution in [3.8, 4) is 12.1 Å². The van der Waals surface area contributed by atoms with Crippen LogP contribution in [0.2, 0.25) is 0 Å². The van der Waals surface area contributed by atoms with Crippen LogP contribution in [-0.2, 0) is 4.79 Å². The molecule has 0 aliphatic carbocycles. The molecule has 52 valence electrons. The Balaban J connectivity index is 3.61. The van der Waals surface area contributed by atoms with Gasteiger partial charge >= 0.3 is 0 Å².